The summed E-state index contributed by atoms with van der Waals surface area (Å²) in [6, 6.07) is 14.1. The summed E-state index contributed by atoms with van der Waals surface area (Å²) < 4.78 is 0. The van der Waals surface area contributed by atoms with E-state index in [2.05, 4.69) is 5.32 Å². The van der Waals surface area contributed by atoms with E-state index in [4.69, 9.17) is 5.73 Å². The van der Waals surface area contributed by atoms with Crippen LogP contribution in [0.1, 0.15) is 42.6 Å². The molecule has 0 unspecified atom stereocenters. The number of carbonyl (C=O) groups excluding carboxylic acids is 4. The number of hydrogen-bond donors (Lipinski definition) is 5. The molecule has 0 bridgehead atoms. The van der Waals surface area contributed by atoms with Gasteiger partial charge in [-0.1, -0.05) is 42.5 Å². The molecule has 0 spiro atoms. The molecular formula is C31H34N4O7. The summed E-state index contributed by atoms with van der Waals surface area (Å²) in [6.07, 6.45) is 0.785. The van der Waals surface area contributed by atoms with Gasteiger partial charge in [0, 0.05) is 12.1 Å². The van der Waals surface area contributed by atoms with Crippen molar-refractivity contribution >= 4 is 23.6 Å². The molecular weight excluding hydrogens is 540 g/mol. The summed E-state index contributed by atoms with van der Waals surface area (Å²) in [7, 11) is 0. The van der Waals surface area contributed by atoms with Gasteiger partial charge in [-0.15, -0.1) is 0 Å². The maximum absolute atomic E-state index is 14.2. The Balaban J connectivity index is 1.74. The monoisotopic (exact) mass is 574 g/mol. The van der Waals surface area contributed by atoms with Crippen LogP contribution in [0.2, 0.25) is 0 Å². The first-order chi connectivity index (χ1) is 20.0. The second kappa shape index (κ2) is 12.7. The second-order valence-electron chi connectivity index (χ2n) is 10.3. The molecule has 42 heavy (non-hydrogen) atoms. The standard InChI is InChI=1S/C31H34N4O7/c1-18(32)28(39)33-19(2)29(40)34-16-6-9-23(34)30(41)35(17-20-7-4-3-5-8-20)31(42)27-25(38)15-14-24(37)26(27)21-10-12-22(36)13-11-21/h3-5,7-8,10-15,18-19,23,36-38H,6,9,16-17,32H2,1-2H3,(H,33,39)/t18-,19-,23-/m0/s1. The molecule has 4 amide bonds. The predicted octanol–water partition coefficient (Wildman–Crippen LogP) is 2.48. The summed E-state index contributed by atoms with van der Waals surface area (Å²) in [5.74, 6) is -3.36. The third-order valence-corrected chi connectivity index (χ3v) is 7.19. The van der Waals surface area contributed by atoms with E-state index in [-0.39, 0.29) is 42.1 Å². The zero-order chi connectivity index (χ0) is 30.6. The summed E-state index contributed by atoms with van der Waals surface area (Å²) in [5, 5.41) is 33.9. The lowest BCUT2D eigenvalue weighted by Gasteiger charge is -2.31. The molecule has 11 heteroatoms. The normalized spacial score (nSPS) is 16.0. The molecule has 0 aromatic heterocycles. The zero-order valence-electron chi connectivity index (χ0n) is 23.4. The number of nitrogens with two attached hydrogens (primary N) is 1. The second-order valence-corrected chi connectivity index (χ2v) is 10.3. The van der Waals surface area contributed by atoms with Crippen LogP contribution in [0.4, 0.5) is 0 Å². The van der Waals surface area contributed by atoms with Crippen LogP contribution >= 0.6 is 0 Å². The van der Waals surface area contributed by atoms with E-state index in [0.29, 0.717) is 17.5 Å². The van der Waals surface area contributed by atoms with Crippen molar-refractivity contribution in [3.05, 3.63) is 77.9 Å². The van der Waals surface area contributed by atoms with Crippen LogP contribution in [-0.4, -0.2) is 73.4 Å². The number of nitrogens with zero attached hydrogens (tertiary/aromatic N) is 2. The van der Waals surface area contributed by atoms with Crippen LogP contribution in [0.3, 0.4) is 0 Å². The number of benzene rings is 3. The van der Waals surface area contributed by atoms with Crippen molar-refractivity contribution in [2.75, 3.05) is 6.54 Å². The number of phenolic OH excluding ortho intramolecular Hbond substituents is 3. The van der Waals surface area contributed by atoms with Gasteiger partial charge in [0.2, 0.25) is 11.8 Å². The number of rotatable bonds is 8. The van der Waals surface area contributed by atoms with E-state index >= 15 is 0 Å². The van der Waals surface area contributed by atoms with E-state index in [1.54, 1.807) is 30.3 Å². The molecule has 1 fully saturated rings. The van der Waals surface area contributed by atoms with E-state index in [1.165, 1.54) is 49.1 Å². The average molecular weight is 575 g/mol. The molecule has 6 N–H and O–H groups in total. The fraction of sp³-hybridized carbons (Fsp3) is 0.290. The Kier molecular flexibility index (Phi) is 9.12. The lowest BCUT2D eigenvalue weighted by molar-refractivity contribution is -0.144. The highest BCUT2D eigenvalue weighted by atomic mass is 16.3. The topological polar surface area (TPSA) is 173 Å². The molecule has 1 aliphatic heterocycles. The summed E-state index contributed by atoms with van der Waals surface area (Å²) in [5.41, 5.74) is 6.24. The van der Waals surface area contributed by atoms with E-state index in [0.717, 1.165) is 11.0 Å². The largest absolute Gasteiger partial charge is 0.508 e. The number of likely N-dealkylation sites (tertiary alicyclic amines) is 1. The van der Waals surface area contributed by atoms with Crippen molar-refractivity contribution in [1.82, 2.24) is 15.1 Å². The van der Waals surface area contributed by atoms with Gasteiger partial charge in [-0.2, -0.15) is 0 Å². The molecule has 4 rings (SSSR count). The first-order valence-corrected chi connectivity index (χ1v) is 13.6. The van der Waals surface area contributed by atoms with Gasteiger partial charge in [0.15, 0.2) is 0 Å². The van der Waals surface area contributed by atoms with Crippen molar-refractivity contribution in [2.24, 2.45) is 5.73 Å². The number of imide groups is 1. The minimum atomic E-state index is -1.00. The van der Waals surface area contributed by atoms with Gasteiger partial charge >= 0.3 is 0 Å². The molecule has 3 aromatic rings. The fourth-order valence-electron chi connectivity index (χ4n) is 4.99. The third kappa shape index (κ3) is 6.36. The van der Waals surface area contributed by atoms with Crippen LogP contribution < -0.4 is 11.1 Å². The first kappa shape index (κ1) is 30.1. The van der Waals surface area contributed by atoms with E-state index in [9.17, 15) is 34.5 Å². The quantitative estimate of drug-likeness (QED) is 0.202. The molecule has 1 heterocycles. The van der Waals surface area contributed by atoms with Gasteiger partial charge < -0.3 is 31.3 Å². The number of hydrogen-bond acceptors (Lipinski definition) is 8. The lowest BCUT2D eigenvalue weighted by atomic mass is 9.96. The molecule has 11 nitrogen and oxygen atoms in total. The van der Waals surface area contributed by atoms with Crippen molar-refractivity contribution < 1.29 is 34.5 Å². The summed E-state index contributed by atoms with van der Waals surface area (Å²) in [6.45, 7) is 3.07. The molecule has 1 aliphatic rings. The maximum atomic E-state index is 14.2. The van der Waals surface area contributed by atoms with Gasteiger partial charge in [-0.05, 0) is 62.1 Å². The highest BCUT2D eigenvalue weighted by molar-refractivity contribution is 6.12. The molecule has 0 aliphatic carbocycles. The molecule has 0 saturated carbocycles. The van der Waals surface area contributed by atoms with Crippen molar-refractivity contribution in [1.29, 1.82) is 0 Å². The molecule has 3 atom stereocenters. The van der Waals surface area contributed by atoms with Crippen molar-refractivity contribution in [2.45, 2.75) is 51.4 Å². The van der Waals surface area contributed by atoms with Gasteiger partial charge in [0.1, 0.15) is 29.3 Å². The summed E-state index contributed by atoms with van der Waals surface area (Å²) in [4.78, 5) is 56.1. The Morgan fingerprint density at radius 2 is 1.60 bits per heavy atom. The maximum Gasteiger partial charge on any atom is 0.265 e. The number of phenols is 3. The Labute approximate surface area is 243 Å². The van der Waals surface area contributed by atoms with Gasteiger partial charge in [0.25, 0.3) is 11.8 Å². The smallest absolute Gasteiger partial charge is 0.265 e. The van der Waals surface area contributed by atoms with Crippen molar-refractivity contribution in [3.8, 4) is 28.4 Å². The molecule has 1 saturated heterocycles. The minimum absolute atomic E-state index is 0.0162. The van der Waals surface area contributed by atoms with Crippen LogP contribution in [0.25, 0.3) is 11.1 Å². The summed E-state index contributed by atoms with van der Waals surface area (Å²) >= 11 is 0. The van der Waals surface area contributed by atoms with Crippen LogP contribution in [0.15, 0.2) is 66.7 Å². The Morgan fingerprint density at radius 1 is 0.952 bits per heavy atom. The Bertz CT molecular complexity index is 1470. The first-order valence-electron chi connectivity index (χ1n) is 13.6. The minimum Gasteiger partial charge on any atom is -0.508 e. The lowest BCUT2D eigenvalue weighted by Crippen LogP contribution is -2.55. The number of amides is 4. The highest BCUT2D eigenvalue weighted by Crippen LogP contribution is 2.39. The van der Waals surface area contributed by atoms with Crippen LogP contribution in [0.5, 0.6) is 17.2 Å². The molecule has 0 radical (unpaired) electrons. The van der Waals surface area contributed by atoms with E-state index in [1.807, 2.05) is 0 Å². The Morgan fingerprint density at radius 3 is 2.24 bits per heavy atom. The van der Waals surface area contributed by atoms with Crippen LogP contribution in [-0.2, 0) is 20.9 Å². The SMILES string of the molecule is C[C@H](N)C(=O)N[C@@H](C)C(=O)N1CCC[C@H]1C(=O)N(Cc1ccccc1)C(=O)c1c(O)ccc(O)c1-c1ccc(O)cc1. The van der Waals surface area contributed by atoms with Gasteiger partial charge in [-0.3, -0.25) is 24.1 Å². The predicted molar refractivity (Wildman–Crippen MR) is 154 cm³/mol. The number of nitrogens with one attached hydrogen (secondary N) is 1. The Hall–Kier alpha value is -4.90. The highest BCUT2D eigenvalue weighted by Gasteiger charge is 2.41. The average Bonchev–Trinajstić information content (AvgIpc) is 3.47. The number of aromatic hydroxyl groups is 3. The fourth-order valence-corrected chi connectivity index (χ4v) is 4.99. The molecule has 220 valence electrons. The van der Waals surface area contributed by atoms with Gasteiger partial charge in [-0.25, -0.2) is 0 Å². The van der Waals surface area contributed by atoms with Gasteiger partial charge in [0.05, 0.1) is 18.2 Å². The van der Waals surface area contributed by atoms with Crippen LogP contribution in [0, 0.1) is 0 Å². The van der Waals surface area contributed by atoms with Crippen molar-refractivity contribution in [3.63, 3.8) is 0 Å². The molecule has 3 aromatic carbocycles. The van der Waals surface area contributed by atoms with E-state index < -0.39 is 47.5 Å². The third-order valence-electron chi connectivity index (χ3n) is 7.19. The number of carbonyl (C=O) groups is 4. The zero-order valence-corrected chi connectivity index (χ0v) is 23.4.